The van der Waals surface area contributed by atoms with E-state index in [2.05, 4.69) is 9.71 Å². The largest absolute Gasteiger partial charge is 0.416 e. The lowest BCUT2D eigenvalue weighted by molar-refractivity contribution is -0.137. The van der Waals surface area contributed by atoms with Gasteiger partial charge in [-0.2, -0.15) is 13.2 Å². The molecule has 2 aromatic carbocycles. The molecule has 170 valence electrons. The third kappa shape index (κ3) is 7.90. The van der Waals surface area contributed by atoms with Gasteiger partial charge in [0.2, 0.25) is 0 Å². The minimum Gasteiger partial charge on any atom is -0.412 e. The second kappa shape index (κ2) is 11.5. The molecule has 1 atom stereocenters. The van der Waals surface area contributed by atoms with Crippen LogP contribution in [0.5, 0.6) is 0 Å². The first-order valence-corrected chi connectivity index (χ1v) is 10.9. The predicted octanol–water partition coefficient (Wildman–Crippen LogP) is 4.30. The van der Waals surface area contributed by atoms with E-state index < -0.39 is 22.7 Å². The number of anilines is 1. The van der Waals surface area contributed by atoms with Crippen LogP contribution in [0.1, 0.15) is 28.7 Å². The average molecular weight is 465 g/mol. The Morgan fingerprint density at radius 1 is 0.969 bits per heavy atom. The Hall–Kier alpha value is -3.04. The minimum atomic E-state index is -4.43. The van der Waals surface area contributed by atoms with E-state index in [-0.39, 0.29) is 17.0 Å². The van der Waals surface area contributed by atoms with Crippen LogP contribution in [0.25, 0.3) is 0 Å². The molecular weight excluding hydrogens is 441 g/mol. The lowest BCUT2D eigenvalue weighted by atomic mass is 10.0. The fraction of sp³-hybridized carbons (Fsp3) is 0.217. The van der Waals surface area contributed by atoms with Crippen molar-refractivity contribution in [1.82, 2.24) is 4.98 Å². The number of benzene rings is 2. The molecule has 0 amide bonds. The Kier molecular flexibility index (Phi) is 9.10. The van der Waals surface area contributed by atoms with E-state index in [9.17, 15) is 22.2 Å². The summed E-state index contributed by atoms with van der Waals surface area (Å²) in [5.74, 6) is 0.0519. The number of Topliss-reactive ketones (excluding diaryl/α,β-unsaturated/α-hetero) is 1. The predicted molar refractivity (Wildman–Crippen MR) is 118 cm³/mol. The summed E-state index contributed by atoms with van der Waals surface area (Å²) in [6, 6.07) is 15.5. The van der Waals surface area contributed by atoms with Crippen molar-refractivity contribution < 1.29 is 27.7 Å². The molecule has 5 nitrogen and oxygen atoms in total. The molecule has 0 aliphatic rings. The van der Waals surface area contributed by atoms with Crippen LogP contribution >= 0.6 is 0 Å². The van der Waals surface area contributed by atoms with Crippen molar-refractivity contribution >= 4 is 22.5 Å². The Bertz CT molecular complexity index is 1040. The smallest absolute Gasteiger partial charge is 0.412 e. The van der Waals surface area contributed by atoms with Crippen LogP contribution < -0.4 is 4.72 Å². The molecule has 1 aromatic heterocycles. The van der Waals surface area contributed by atoms with Crippen LogP contribution in [0, 0.1) is 0 Å². The molecule has 0 aliphatic carbocycles. The summed E-state index contributed by atoms with van der Waals surface area (Å²) in [6.45, 7) is 0. The summed E-state index contributed by atoms with van der Waals surface area (Å²) >= 11 is 0. The van der Waals surface area contributed by atoms with E-state index in [0.717, 1.165) is 23.3 Å². The van der Waals surface area contributed by atoms with Gasteiger partial charge in [0.1, 0.15) is 16.8 Å². The number of aromatic nitrogens is 1. The van der Waals surface area contributed by atoms with Crippen molar-refractivity contribution in [2.45, 2.75) is 31.2 Å². The molecule has 32 heavy (non-hydrogen) atoms. The van der Waals surface area contributed by atoms with Gasteiger partial charge in [0.25, 0.3) is 0 Å². The molecule has 0 spiro atoms. The van der Waals surface area contributed by atoms with Crippen molar-refractivity contribution in [1.29, 1.82) is 0 Å². The first kappa shape index (κ1) is 25.2. The molecule has 0 aliphatic heterocycles. The molecular formula is C23H23F3N2O3S. The zero-order chi connectivity index (χ0) is 22.3. The van der Waals surface area contributed by atoms with E-state index in [1.807, 2.05) is 12.1 Å². The molecule has 3 rings (SSSR count). The summed E-state index contributed by atoms with van der Waals surface area (Å²) < 4.78 is 53.5. The van der Waals surface area contributed by atoms with Crippen LogP contribution in [0.4, 0.5) is 18.9 Å². The summed E-state index contributed by atoms with van der Waals surface area (Å²) in [7, 11) is -1.59. The van der Waals surface area contributed by atoms with Crippen LogP contribution in [-0.2, 0) is 40.6 Å². The zero-order valence-electron chi connectivity index (χ0n) is 17.1. The number of alkyl halides is 3. The van der Waals surface area contributed by atoms with Crippen molar-refractivity contribution in [3.63, 3.8) is 0 Å². The molecule has 3 N–H and O–H groups in total. The number of carbonyl (C=O) groups is 1. The third-order valence-corrected chi connectivity index (χ3v) is 5.61. The van der Waals surface area contributed by atoms with Gasteiger partial charge >= 0.3 is 6.18 Å². The van der Waals surface area contributed by atoms with E-state index in [1.54, 1.807) is 36.7 Å². The first-order chi connectivity index (χ1) is 14.8. The maximum Gasteiger partial charge on any atom is 0.416 e. The van der Waals surface area contributed by atoms with E-state index in [1.165, 1.54) is 12.1 Å². The van der Waals surface area contributed by atoms with Gasteiger partial charge in [-0.25, -0.2) is 4.21 Å². The van der Waals surface area contributed by atoms with Crippen molar-refractivity contribution in [2.75, 3.05) is 4.72 Å². The monoisotopic (exact) mass is 464 g/mol. The van der Waals surface area contributed by atoms with E-state index in [0.29, 0.717) is 30.5 Å². The number of halogens is 3. The van der Waals surface area contributed by atoms with Gasteiger partial charge in [0.05, 0.1) is 11.3 Å². The Labute approximate surface area is 186 Å². The number of carbonyl (C=O) groups excluding carboxylic acids is 1. The number of pyridine rings is 1. The van der Waals surface area contributed by atoms with Crippen LogP contribution in [0.3, 0.4) is 0 Å². The van der Waals surface area contributed by atoms with Gasteiger partial charge < -0.3 is 10.2 Å². The topological polar surface area (TPSA) is 90.6 Å². The number of aryl methyl sites for hydroxylation is 1. The van der Waals surface area contributed by atoms with Crippen molar-refractivity contribution in [3.8, 4) is 0 Å². The van der Waals surface area contributed by atoms with Crippen LogP contribution in [0.2, 0.25) is 0 Å². The zero-order valence-corrected chi connectivity index (χ0v) is 17.9. The summed E-state index contributed by atoms with van der Waals surface area (Å²) in [4.78, 5) is 16.2. The van der Waals surface area contributed by atoms with E-state index >= 15 is 0 Å². The molecule has 1 unspecified atom stereocenters. The number of rotatable bonds is 9. The maximum atomic E-state index is 12.8. The van der Waals surface area contributed by atoms with Gasteiger partial charge in [-0.1, -0.05) is 36.4 Å². The van der Waals surface area contributed by atoms with Gasteiger partial charge in [0.15, 0.2) is 0 Å². The second-order valence-electron chi connectivity index (χ2n) is 7.06. The van der Waals surface area contributed by atoms with Crippen molar-refractivity contribution in [3.05, 3.63) is 95.3 Å². The quantitative estimate of drug-likeness (QED) is 0.512. The minimum absolute atomic E-state index is 0. The highest BCUT2D eigenvalue weighted by molar-refractivity contribution is 7.85. The fourth-order valence-electron chi connectivity index (χ4n) is 2.99. The van der Waals surface area contributed by atoms with Gasteiger partial charge in [-0.15, -0.1) is 0 Å². The van der Waals surface area contributed by atoms with Gasteiger partial charge in [-0.3, -0.25) is 9.78 Å². The molecule has 0 radical (unpaired) electrons. The SMILES string of the molecule is O.O=C(CCc1cccnc1)Cc1ccc(NS(=O)Cc2cccc(C(F)(F)F)c2)cc1. The highest BCUT2D eigenvalue weighted by Gasteiger charge is 2.30. The Morgan fingerprint density at radius 2 is 1.69 bits per heavy atom. The van der Waals surface area contributed by atoms with Crippen LogP contribution in [-0.4, -0.2) is 20.5 Å². The standard InChI is InChI=1S/C23H21F3N2O2S.H2O/c24-23(25,26)20-5-1-3-19(13-20)16-31(30)28-21-9-6-17(7-10-21)14-22(29)11-8-18-4-2-12-27-15-18;/h1-7,9-10,12-13,15,28H,8,11,14,16H2;1H2. The van der Waals surface area contributed by atoms with Crippen LogP contribution in [0.15, 0.2) is 73.1 Å². The van der Waals surface area contributed by atoms with Gasteiger partial charge in [-0.05, 0) is 47.4 Å². The number of nitrogens with one attached hydrogen (secondary N) is 1. The summed E-state index contributed by atoms with van der Waals surface area (Å²) in [5.41, 5.74) is 1.98. The van der Waals surface area contributed by atoms with Gasteiger partial charge in [0, 0.05) is 30.9 Å². The number of nitrogens with zero attached hydrogens (tertiary/aromatic N) is 1. The molecule has 9 heteroatoms. The first-order valence-electron chi connectivity index (χ1n) is 9.60. The number of hydrogen-bond donors (Lipinski definition) is 1. The summed E-state index contributed by atoms with van der Waals surface area (Å²) in [6.07, 6.45) is 0.360. The normalized spacial score (nSPS) is 12.0. The second-order valence-corrected chi connectivity index (χ2v) is 8.25. The molecule has 0 fully saturated rings. The molecule has 0 saturated heterocycles. The lowest BCUT2D eigenvalue weighted by Crippen LogP contribution is -2.09. The molecule has 3 aromatic rings. The molecule has 0 bridgehead atoms. The molecule has 1 heterocycles. The molecule has 0 saturated carbocycles. The average Bonchev–Trinajstić information content (AvgIpc) is 2.74. The maximum absolute atomic E-state index is 12.8. The Balaban J connectivity index is 0.00000363. The number of hydrogen-bond acceptors (Lipinski definition) is 3. The highest BCUT2D eigenvalue weighted by atomic mass is 32.2. The highest BCUT2D eigenvalue weighted by Crippen LogP contribution is 2.29. The van der Waals surface area contributed by atoms with E-state index in [4.69, 9.17) is 0 Å². The summed E-state index contributed by atoms with van der Waals surface area (Å²) in [5, 5.41) is 0. The lowest BCUT2D eigenvalue weighted by Gasteiger charge is -2.10. The van der Waals surface area contributed by atoms with Crippen molar-refractivity contribution in [2.24, 2.45) is 0 Å². The number of ketones is 1. The third-order valence-electron chi connectivity index (χ3n) is 4.55. The fourth-order valence-corrected chi connectivity index (χ4v) is 3.95. The Morgan fingerprint density at radius 3 is 2.34 bits per heavy atom.